The molecule has 2 nitrogen and oxygen atoms in total. The van der Waals surface area contributed by atoms with Crippen molar-refractivity contribution in [2.45, 2.75) is 49.5 Å². The van der Waals surface area contributed by atoms with Crippen molar-refractivity contribution < 1.29 is 5.11 Å². The van der Waals surface area contributed by atoms with E-state index in [2.05, 4.69) is 29.6 Å². The van der Waals surface area contributed by atoms with Gasteiger partial charge in [0.2, 0.25) is 0 Å². The molecule has 3 rings (SSSR count). The van der Waals surface area contributed by atoms with Crippen LogP contribution in [0.25, 0.3) is 0 Å². The molecule has 1 heterocycles. The lowest BCUT2D eigenvalue weighted by Crippen LogP contribution is -2.41. The fraction of sp³-hybridized carbons (Fsp3) is 0.647. The third-order valence-corrected chi connectivity index (χ3v) is 6.05. The van der Waals surface area contributed by atoms with Gasteiger partial charge in [0, 0.05) is 29.5 Å². The summed E-state index contributed by atoms with van der Waals surface area (Å²) in [6, 6.07) is 9.23. The van der Waals surface area contributed by atoms with Crippen molar-refractivity contribution >= 4 is 11.8 Å². The highest BCUT2D eigenvalue weighted by atomic mass is 32.2. The van der Waals surface area contributed by atoms with Crippen molar-refractivity contribution in [3.63, 3.8) is 0 Å². The summed E-state index contributed by atoms with van der Waals surface area (Å²) in [6.07, 6.45) is 7.45. The second kappa shape index (κ2) is 6.50. The zero-order valence-electron chi connectivity index (χ0n) is 12.1. The monoisotopic (exact) mass is 291 g/mol. The van der Waals surface area contributed by atoms with Gasteiger partial charge in [0.25, 0.3) is 0 Å². The Bertz CT molecular complexity index is 442. The van der Waals surface area contributed by atoms with E-state index in [1.807, 2.05) is 11.8 Å². The number of fused-ring (bicyclic) bond motifs is 1. The zero-order chi connectivity index (χ0) is 13.8. The number of thioether (sulfide) groups is 1. The van der Waals surface area contributed by atoms with Gasteiger partial charge in [-0.15, -0.1) is 11.8 Å². The summed E-state index contributed by atoms with van der Waals surface area (Å²) in [5, 5.41) is 13.6. The van der Waals surface area contributed by atoms with Gasteiger partial charge in [-0.25, -0.2) is 0 Å². The lowest BCUT2D eigenvalue weighted by molar-refractivity contribution is 0.0780. The van der Waals surface area contributed by atoms with Gasteiger partial charge < -0.3 is 10.4 Å². The smallest absolute Gasteiger partial charge is 0.0499 e. The molecule has 0 spiro atoms. The molecule has 1 aromatic rings. The van der Waals surface area contributed by atoms with Crippen LogP contribution in [0.15, 0.2) is 29.2 Å². The molecule has 110 valence electrons. The van der Waals surface area contributed by atoms with Gasteiger partial charge in [-0.3, -0.25) is 0 Å². The van der Waals surface area contributed by atoms with Crippen LogP contribution in [0.2, 0.25) is 0 Å². The van der Waals surface area contributed by atoms with Crippen LogP contribution in [-0.2, 0) is 0 Å². The van der Waals surface area contributed by atoms with Gasteiger partial charge in [0.05, 0.1) is 0 Å². The minimum atomic E-state index is 0.137. The number of hydrogen-bond donors (Lipinski definition) is 2. The van der Waals surface area contributed by atoms with Crippen molar-refractivity contribution in [2.24, 2.45) is 5.41 Å². The minimum absolute atomic E-state index is 0.137. The molecule has 1 saturated carbocycles. The van der Waals surface area contributed by atoms with Gasteiger partial charge in [-0.05, 0) is 36.6 Å². The third kappa shape index (κ3) is 3.05. The molecular formula is C17H25NOS. The molecule has 1 aliphatic carbocycles. The molecule has 0 amide bonds. The summed E-state index contributed by atoms with van der Waals surface area (Å²) >= 11 is 1.97. The summed E-state index contributed by atoms with van der Waals surface area (Å²) in [5.74, 6) is 1.20. The van der Waals surface area contributed by atoms with Crippen LogP contribution in [-0.4, -0.2) is 24.0 Å². The van der Waals surface area contributed by atoms with E-state index < -0.39 is 0 Å². The third-order valence-electron chi connectivity index (χ3n) is 4.93. The summed E-state index contributed by atoms with van der Waals surface area (Å²) in [7, 11) is 0. The quantitative estimate of drug-likeness (QED) is 0.886. The van der Waals surface area contributed by atoms with E-state index in [4.69, 9.17) is 0 Å². The largest absolute Gasteiger partial charge is 0.396 e. The van der Waals surface area contributed by atoms with Gasteiger partial charge >= 0.3 is 0 Å². The van der Waals surface area contributed by atoms with Crippen LogP contribution in [0.1, 0.15) is 50.1 Å². The maximum atomic E-state index is 9.82. The van der Waals surface area contributed by atoms with Gasteiger partial charge in [-0.2, -0.15) is 0 Å². The number of rotatable bonds is 4. The Balaban J connectivity index is 1.66. The molecule has 0 saturated heterocycles. The topological polar surface area (TPSA) is 32.3 Å². The molecule has 0 aromatic heterocycles. The Hall–Kier alpha value is -0.510. The molecule has 2 N–H and O–H groups in total. The van der Waals surface area contributed by atoms with E-state index in [1.54, 1.807) is 0 Å². The molecule has 3 heteroatoms. The minimum Gasteiger partial charge on any atom is -0.396 e. The first-order valence-corrected chi connectivity index (χ1v) is 8.88. The molecule has 1 aromatic carbocycles. The van der Waals surface area contributed by atoms with Crippen LogP contribution in [0, 0.1) is 5.41 Å². The van der Waals surface area contributed by atoms with Crippen molar-refractivity contribution in [3.8, 4) is 0 Å². The highest BCUT2D eigenvalue weighted by Crippen LogP contribution is 2.39. The Labute approximate surface area is 126 Å². The number of aliphatic hydroxyl groups is 1. The van der Waals surface area contributed by atoms with E-state index in [9.17, 15) is 5.11 Å². The van der Waals surface area contributed by atoms with Crippen molar-refractivity contribution in [3.05, 3.63) is 29.8 Å². The first-order chi connectivity index (χ1) is 9.83. The van der Waals surface area contributed by atoms with Crippen molar-refractivity contribution in [2.75, 3.05) is 18.9 Å². The number of hydrogen-bond acceptors (Lipinski definition) is 3. The lowest BCUT2D eigenvalue weighted by Gasteiger charge is -2.38. The van der Waals surface area contributed by atoms with Crippen LogP contribution >= 0.6 is 11.8 Å². The predicted octanol–water partition coefficient (Wildman–Crippen LogP) is 3.76. The van der Waals surface area contributed by atoms with Crippen LogP contribution in [0.4, 0.5) is 0 Å². The zero-order valence-corrected chi connectivity index (χ0v) is 12.9. The summed E-state index contributed by atoms with van der Waals surface area (Å²) in [5.41, 5.74) is 1.59. The molecular weight excluding hydrogens is 266 g/mol. The van der Waals surface area contributed by atoms with Gasteiger partial charge in [0.1, 0.15) is 0 Å². The Kier molecular flexibility index (Phi) is 4.69. The average molecular weight is 291 g/mol. The van der Waals surface area contributed by atoms with Crippen molar-refractivity contribution in [1.82, 2.24) is 5.32 Å². The number of aliphatic hydroxyl groups excluding tert-OH is 1. The van der Waals surface area contributed by atoms with Gasteiger partial charge in [0.15, 0.2) is 0 Å². The maximum absolute atomic E-state index is 9.82. The second-order valence-electron chi connectivity index (χ2n) is 6.33. The van der Waals surface area contributed by atoms with Crippen LogP contribution in [0.3, 0.4) is 0 Å². The number of nitrogens with one attached hydrogen (secondary N) is 1. The highest BCUT2D eigenvalue weighted by molar-refractivity contribution is 7.99. The Morgan fingerprint density at radius 1 is 1.20 bits per heavy atom. The summed E-state index contributed by atoms with van der Waals surface area (Å²) in [6.45, 7) is 1.30. The van der Waals surface area contributed by atoms with Gasteiger partial charge in [-0.1, -0.05) is 37.5 Å². The lowest BCUT2D eigenvalue weighted by atomic mass is 9.74. The molecule has 20 heavy (non-hydrogen) atoms. The number of benzene rings is 1. The van der Waals surface area contributed by atoms with Crippen LogP contribution in [0.5, 0.6) is 0 Å². The van der Waals surface area contributed by atoms with E-state index in [0.717, 1.165) is 6.54 Å². The standard InChI is InChI=1S/C17H25NOS/c19-13-17(9-4-1-5-10-17)12-18-15-8-11-20-16-7-3-2-6-14(15)16/h2-3,6-7,15,18-19H,1,4-5,8-13H2. The van der Waals surface area contributed by atoms with Crippen molar-refractivity contribution in [1.29, 1.82) is 0 Å². The van der Waals surface area contributed by atoms with E-state index >= 15 is 0 Å². The fourth-order valence-corrected chi connectivity index (χ4v) is 4.71. The molecule has 2 aliphatic rings. The Morgan fingerprint density at radius 2 is 2.00 bits per heavy atom. The molecule has 1 fully saturated rings. The highest BCUT2D eigenvalue weighted by Gasteiger charge is 2.32. The molecule has 1 unspecified atom stereocenters. The second-order valence-corrected chi connectivity index (χ2v) is 7.46. The summed E-state index contributed by atoms with van der Waals surface area (Å²) < 4.78 is 0. The normalized spacial score (nSPS) is 25.1. The fourth-order valence-electron chi connectivity index (χ4n) is 3.59. The molecule has 1 atom stereocenters. The molecule has 0 radical (unpaired) electrons. The Morgan fingerprint density at radius 3 is 2.80 bits per heavy atom. The van der Waals surface area contributed by atoms with E-state index in [-0.39, 0.29) is 5.41 Å². The first-order valence-electron chi connectivity index (χ1n) is 7.89. The van der Waals surface area contributed by atoms with E-state index in [1.165, 1.54) is 54.7 Å². The van der Waals surface area contributed by atoms with Crippen LogP contribution < -0.4 is 5.32 Å². The summed E-state index contributed by atoms with van der Waals surface area (Å²) in [4.78, 5) is 1.43. The van der Waals surface area contributed by atoms with E-state index in [0.29, 0.717) is 12.6 Å². The molecule has 1 aliphatic heterocycles. The SMILES string of the molecule is OCC1(CNC2CCSc3ccccc32)CCCCC1. The maximum Gasteiger partial charge on any atom is 0.0499 e. The molecule has 0 bridgehead atoms. The first kappa shape index (κ1) is 14.4. The predicted molar refractivity (Wildman–Crippen MR) is 85.1 cm³/mol. The average Bonchev–Trinajstić information content (AvgIpc) is 2.54.